The first-order valence-corrected chi connectivity index (χ1v) is 12.8. The minimum Gasteiger partial charge on any atom is -0.341 e. The fourth-order valence-corrected chi connectivity index (χ4v) is 5.53. The molecule has 7 nitrogen and oxygen atoms in total. The van der Waals surface area contributed by atoms with Crippen molar-refractivity contribution in [2.75, 3.05) is 0 Å². The lowest BCUT2D eigenvalue weighted by Gasteiger charge is -2.12. The standard InChI is InChI=1S/C30H26N6O/c1-4-18(3)35-17-31-28-26(30(35)37)27-29(33-23-12-8-7-11-22(23)32-27)36(28)19-14-15-25-21(16-19)20-10-6-9-13-24(20)34(25)5-2/h6-18H,4-5H2,1-3H3/t18-/m1/s1. The molecule has 0 amide bonds. The smallest absolute Gasteiger partial charge is 0.265 e. The Bertz CT molecular complexity index is 2060. The fraction of sp³-hybridized carbons (Fsp3) is 0.200. The van der Waals surface area contributed by atoms with Crippen LogP contribution in [0.25, 0.3) is 60.7 Å². The normalized spacial score (nSPS) is 12.9. The molecular weight excluding hydrogens is 460 g/mol. The Balaban J connectivity index is 1.63. The molecule has 1 atom stereocenters. The second-order valence-electron chi connectivity index (χ2n) is 9.60. The summed E-state index contributed by atoms with van der Waals surface area (Å²) in [4.78, 5) is 28.5. The molecule has 0 saturated carbocycles. The molecule has 0 saturated heterocycles. The van der Waals surface area contributed by atoms with E-state index in [9.17, 15) is 4.79 Å². The van der Waals surface area contributed by atoms with Crippen molar-refractivity contribution in [1.29, 1.82) is 0 Å². The summed E-state index contributed by atoms with van der Waals surface area (Å²) in [6.07, 6.45) is 2.49. The highest BCUT2D eigenvalue weighted by molar-refractivity contribution is 6.10. The van der Waals surface area contributed by atoms with Crippen LogP contribution in [0, 0.1) is 0 Å². The minimum absolute atomic E-state index is 0.0349. The molecule has 0 aliphatic heterocycles. The van der Waals surface area contributed by atoms with E-state index >= 15 is 0 Å². The van der Waals surface area contributed by atoms with Gasteiger partial charge in [0.25, 0.3) is 5.56 Å². The lowest BCUT2D eigenvalue weighted by Crippen LogP contribution is -2.23. The van der Waals surface area contributed by atoms with E-state index in [0.717, 1.165) is 35.1 Å². The summed E-state index contributed by atoms with van der Waals surface area (Å²) < 4.78 is 6.03. The van der Waals surface area contributed by atoms with Gasteiger partial charge in [-0.2, -0.15) is 0 Å². The zero-order valence-corrected chi connectivity index (χ0v) is 21.0. The van der Waals surface area contributed by atoms with Gasteiger partial charge in [0.15, 0.2) is 11.3 Å². The largest absolute Gasteiger partial charge is 0.341 e. The molecule has 37 heavy (non-hydrogen) atoms. The van der Waals surface area contributed by atoms with Crippen LogP contribution in [0.4, 0.5) is 0 Å². The van der Waals surface area contributed by atoms with Gasteiger partial charge < -0.3 is 4.57 Å². The molecule has 0 spiro atoms. The first-order chi connectivity index (χ1) is 18.1. The monoisotopic (exact) mass is 486 g/mol. The Morgan fingerprint density at radius 1 is 0.838 bits per heavy atom. The lowest BCUT2D eigenvalue weighted by molar-refractivity contribution is 0.510. The average molecular weight is 487 g/mol. The number of benzene rings is 3. The van der Waals surface area contributed by atoms with Gasteiger partial charge in [0.1, 0.15) is 17.2 Å². The van der Waals surface area contributed by atoms with Gasteiger partial charge in [0.05, 0.1) is 11.0 Å². The van der Waals surface area contributed by atoms with E-state index in [1.165, 1.54) is 16.4 Å². The number of fused-ring (bicyclic) bond motifs is 7. The Labute approximate surface area is 212 Å². The molecule has 182 valence electrons. The van der Waals surface area contributed by atoms with Gasteiger partial charge in [-0.15, -0.1) is 0 Å². The maximum absolute atomic E-state index is 13.8. The maximum atomic E-state index is 13.8. The fourth-order valence-electron chi connectivity index (χ4n) is 5.53. The minimum atomic E-state index is -0.0867. The molecule has 0 N–H and O–H groups in total. The highest BCUT2D eigenvalue weighted by Gasteiger charge is 2.22. The second-order valence-corrected chi connectivity index (χ2v) is 9.60. The van der Waals surface area contributed by atoms with Crippen molar-refractivity contribution in [2.24, 2.45) is 0 Å². The van der Waals surface area contributed by atoms with Crippen LogP contribution in [0.2, 0.25) is 0 Å². The van der Waals surface area contributed by atoms with Crippen LogP contribution in [0.15, 0.2) is 77.9 Å². The number of para-hydroxylation sites is 3. The van der Waals surface area contributed by atoms with Gasteiger partial charge in [-0.1, -0.05) is 37.3 Å². The quantitative estimate of drug-likeness (QED) is 0.289. The molecule has 0 bridgehead atoms. The van der Waals surface area contributed by atoms with Gasteiger partial charge >= 0.3 is 0 Å². The molecule has 0 fully saturated rings. The first-order valence-electron chi connectivity index (χ1n) is 12.8. The van der Waals surface area contributed by atoms with E-state index in [1.807, 2.05) is 35.8 Å². The highest BCUT2D eigenvalue weighted by Crippen LogP contribution is 2.34. The van der Waals surface area contributed by atoms with Crippen LogP contribution >= 0.6 is 0 Å². The zero-order valence-electron chi connectivity index (χ0n) is 21.0. The SMILES string of the molecule is CC[C@@H](C)n1cnc2c(c1=O)c1nc3ccccc3nc1n2-c1ccc2c(c1)c1ccccc1n2CC. The molecule has 3 aromatic carbocycles. The third kappa shape index (κ3) is 3.00. The molecular formula is C30H26N6O. The number of hydrogen-bond acceptors (Lipinski definition) is 4. The molecule has 0 radical (unpaired) electrons. The van der Waals surface area contributed by atoms with Crippen molar-refractivity contribution >= 4 is 55.0 Å². The van der Waals surface area contributed by atoms with Crippen LogP contribution in [0.1, 0.15) is 33.2 Å². The topological polar surface area (TPSA) is 70.5 Å². The summed E-state index contributed by atoms with van der Waals surface area (Å²) in [6, 6.07) is 22.7. The Hall–Kier alpha value is -4.52. The predicted octanol–water partition coefficient (Wildman–Crippen LogP) is 6.38. The number of nitrogens with zero attached hydrogens (tertiary/aromatic N) is 6. The van der Waals surface area contributed by atoms with Crippen molar-refractivity contribution in [1.82, 2.24) is 28.7 Å². The summed E-state index contributed by atoms with van der Waals surface area (Å²) >= 11 is 0. The van der Waals surface area contributed by atoms with E-state index in [-0.39, 0.29) is 11.6 Å². The van der Waals surface area contributed by atoms with E-state index in [4.69, 9.17) is 15.0 Å². The van der Waals surface area contributed by atoms with Crippen LogP contribution in [0.3, 0.4) is 0 Å². The van der Waals surface area contributed by atoms with Crippen LogP contribution in [0.5, 0.6) is 0 Å². The third-order valence-corrected chi connectivity index (χ3v) is 7.59. The molecule has 4 heterocycles. The van der Waals surface area contributed by atoms with Gasteiger partial charge in [0, 0.05) is 40.1 Å². The summed E-state index contributed by atoms with van der Waals surface area (Å²) in [5, 5.41) is 2.87. The Morgan fingerprint density at radius 3 is 2.35 bits per heavy atom. The Kier molecular flexibility index (Phi) is 4.70. The lowest BCUT2D eigenvalue weighted by atomic mass is 10.1. The van der Waals surface area contributed by atoms with Gasteiger partial charge in [-0.25, -0.2) is 15.0 Å². The average Bonchev–Trinajstić information content (AvgIpc) is 3.43. The molecule has 0 aliphatic rings. The van der Waals surface area contributed by atoms with Crippen molar-refractivity contribution in [3.05, 3.63) is 83.4 Å². The number of rotatable bonds is 4. The summed E-state index contributed by atoms with van der Waals surface area (Å²) in [7, 11) is 0. The van der Waals surface area contributed by atoms with Crippen molar-refractivity contribution in [3.8, 4) is 5.69 Å². The third-order valence-electron chi connectivity index (χ3n) is 7.59. The van der Waals surface area contributed by atoms with E-state index < -0.39 is 0 Å². The van der Waals surface area contributed by atoms with Crippen LogP contribution in [-0.2, 0) is 6.54 Å². The molecule has 7 rings (SSSR count). The molecule has 7 aromatic rings. The summed E-state index contributed by atoms with van der Waals surface area (Å²) in [6.45, 7) is 7.15. The summed E-state index contributed by atoms with van der Waals surface area (Å²) in [5.41, 5.74) is 6.54. The maximum Gasteiger partial charge on any atom is 0.265 e. The predicted molar refractivity (Wildman–Crippen MR) is 150 cm³/mol. The first kappa shape index (κ1) is 21.7. The van der Waals surface area contributed by atoms with Crippen LogP contribution in [-0.4, -0.2) is 28.7 Å². The molecule has 7 heteroatoms. The van der Waals surface area contributed by atoms with Gasteiger partial charge in [-0.3, -0.25) is 13.9 Å². The number of aromatic nitrogens is 6. The molecule has 4 aromatic heterocycles. The van der Waals surface area contributed by atoms with Gasteiger partial charge in [0.2, 0.25) is 0 Å². The Morgan fingerprint density at radius 2 is 1.57 bits per heavy atom. The molecule has 0 unspecified atom stereocenters. The van der Waals surface area contributed by atoms with Crippen molar-refractivity contribution < 1.29 is 0 Å². The highest BCUT2D eigenvalue weighted by atomic mass is 16.1. The number of hydrogen-bond donors (Lipinski definition) is 0. The van der Waals surface area contributed by atoms with E-state index in [2.05, 4.69) is 60.9 Å². The molecule has 0 aliphatic carbocycles. The van der Waals surface area contributed by atoms with E-state index in [0.29, 0.717) is 22.2 Å². The summed E-state index contributed by atoms with van der Waals surface area (Å²) in [5.74, 6) is 0. The number of aryl methyl sites for hydroxylation is 1. The van der Waals surface area contributed by atoms with Crippen molar-refractivity contribution in [2.45, 2.75) is 39.8 Å². The second kappa shape index (κ2) is 8.00. The van der Waals surface area contributed by atoms with Gasteiger partial charge in [-0.05, 0) is 56.7 Å². The van der Waals surface area contributed by atoms with Crippen molar-refractivity contribution in [3.63, 3.8) is 0 Å². The van der Waals surface area contributed by atoms with Crippen LogP contribution < -0.4 is 5.56 Å². The zero-order chi connectivity index (χ0) is 25.3. The van der Waals surface area contributed by atoms with E-state index in [1.54, 1.807) is 10.9 Å².